The normalized spacial score (nSPS) is 11.1. The Morgan fingerprint density at radius 2 is 2.10 bits per heavy atom. The van der Waals surface area contributed by atoms with Crippen LogP contribution in [0.25, 0.3) is 0 Å². The smallest absolute Gasteiger partial charge is 0.236 e. The summed E-state index contributed by atoms with van der Waals surface area (Å²) in [5.74, 6) is 2.12. The van der Waals surface area contributed by atoms with Gasteiger partial charge in [-0.25, -0.2) is 4.98 Å². The van der Waals surface area contributed by atoms with Crippen molar-refractivity contribution < 1.29 is 9.53 Å². The van der Waals surface area contributed by atoms with Crippen molar-refractivity contribution in [2.75, 3.05) is 11.1 Å². The number of thioether (sulfide) groups is 1. The SMILES string of the molecule is CCn1c(COc2cc(C)ccc2C(C)C)nnc1SCC(=O)Nc1nc(C)cs1. The molecule has 3 aromatic rings. The lowest BCUT2D eigenvalue weighted by Gasteiger charge is -2.15. The summed E-state index contributed by atoms with van der Waals surface area (Å²) in [7, 11) is 0. The highest BCUT2D eigenvalue weighted by molar-refractivity contribution is 7.99. The molecule has 160 valence electrons. The number of thiazole rings is 1. The second-order valence-corrected chi connectivity index (χ2v) is 9.06. The first kappa shape index (κ1) is 22.3. The van der Waals surface area contributed by atoms with E-state index in [-0.39, 0.29) is 11.7 Å². The number of hydrogen-bond acceptors (Lipinski definition) is 7. The fourth-order valence-corrected chi connectivity index (χ4v) is 4.46. The number of amides is 1. The van der Waals surface area contributed by atoms with E-state index in [2.05, 4.69) is 59.5 Å². The number of nitrogens with one attached hydrogen (secondary N) is 1. The molecule has 0 aliphatic rings. The van der Waals surface area contributed by atoms with Crippen LogP contribution in [0.2, 0.25) is 0 Å². The molecule has 9 heteroatoms. The van der Waals surface area contributed by atoms with Gasteiger partial charge in [-0.1, -0.05) is 37.7 Å². The van der Waals surface area contributed by atoms with E-state index in [1.54, 1.807) is 0 Å². The molecule has 2 aromatic heterocycles. The van der Waals surface area contributed by atoms with Crippen LogP contribution in [0.5, 0.6) is 5.75 Å². The third-order valence-electron chi connectivity index (χ3n) is 4.46. The highest BCUT2D eigenvalue weighted by Gasteiger charge is 2.16. The van der Waals surface area contributed by atoms with Crippen molar-refractivity contribution in [1.82, 2.24) is 19.7 Å². The van der Waals surface area contributed by atoms with Crippen molar-refractivity contribution in [3.05, 3.63) is 46.2 Å². The highest BCUT2D eigenvalue weighted by atomic mass is 32.2. The van der Waals surface area contributed by atoms with Crippen LogP contribution in [0.1, 0.15) is 49.3 Å². The van der Waals surface area contributed by atoms with Crippen molar-refractivity contribution in [2.45, 2.75) is 58.8 Å². The van der Waals surface area contributed by atoms with Gasteiger partial charge in [-0.15, -0.1) is 21.5 Å². The van der Waals surface area contributed by atoms with E-state index in [0.29, 0.717) is 29.4 Å². The maximum absolute atomic E-state index is 12.2. The summed E-state index contributed by atoms with van der Waals surface area (Å²) in [6.07, 6.45) is 0. The first-order valence-corrected chi connectivity index (χ1v) is 11.7. The maximum atomic E-state index is 12.2. The number of carbonyl (C=O) groups excluding carboxylic acids is 1. The Kier molecular flexibility index (Phi) is 7.49. The van der Waals surface area contributed by atoms with E-state index < -0.39 is 0 Å². The molecule has 0 unspecified atom stereocenters. The van der Waals surface area contributed by atoms with Gasteiger partial charge in [0, 0.05) is 11.9 Å². The molecular weight excluding hydrogens is 418 g/mol. The molecule has 0 saturated carbocycles. The summed E-state index contributed by atoms with van der Waals surface area (Å²) in [5, 5.41) is 14.6. The molecule has 2 heterocycles. The molecule has 7 nitrogen and oxygen atoms in total. The number of carbonyl (C=O) groups is 1. The minimum atomic E-state index is -0.112. The molecule has 0 bridgehead atoms. The van der Waals surface area contributed by atoms with Gasteiger partial charge in [0.1, 0.15) is 12.4 Å². The molecule has 1 aromatic carbocycles. The number of aryl methyl sites for hydroxylation is 2. The number of rotatable bonds is 9. The van der Waals surface area contributed by atoms with Gasteiger partial charge in [-0.05, 0) is 43.9 Å². The number of ether oxygens (including phenoxy) is 1. The number of nitrogens with zero attached hydrogens (tertiary/aromatic N) is 4. The van der Waals surface area contributed by atoms with E-state index in [1.807, 2.05) is 23.8 Å². The molecule has 0 atom stereocenters. The number of aromatic nitrogens is 4. The Hall–Kier alpha value is -2.39. The molecular formula is C21H27N5O2S2. The van der Waals surface area contributed by atoms with Crippen molar-refractivity contribution in [3.8, 4) is 5.75 Å². The minimum absolute atomic E-state index is 0.112. The molecule has 3 rings (SSSR count). The lowest BCUT2D eigenvalue weighted by atomic mass is 10.0. The lowest BCUT2D eigenvalue weighted by molar-refractivity contribution is -0.113. The topological polar surface area (TPSA) is 81.9 Å². The van der Waals surface area contributed by atoms with Crippen molar-refractivity contribution >= 4 is 34.1 Å². The van der Waals surface area contributed by atoms with Gasteiger partial charge in [0.2, 0.25) is 5.91 Å². The quantitative estimate of drug-likeness (QED) is 0.476. The second-order valence-electron chi connectivity index (χ2n) is 7.26. The Morgan fingerprint density at radius 1 is 1.30 bits per heavy atom. The van der Waals surface area contributed by atoms with E-state index in [1.165, 1.54) is 28.7 Å². The van der Waals surface area contributed by atoms with E-state index in [4.69, 9.17) is 4.74 Å². The average Bonchev–Trinajstić information content (AvgIpc) is 3.29. The summed E-state index contributed by atoms with van der Waals surface area (Å²) in [6, 6.07) is 6.27. The van der Waals surface area contributed by atoms with Gasteiger partial charge < -0.3 is 14.6 Å². The zero-order valence-electron chi connectivity index (χ0n) is 17.9. The predicted molar refractivity (Wildman–Crippen MR) is 122 cm³/mol. The molecule has 0 aliphatic carbocycles. The fraction of sp³-hybridized carbons (Fsp3) is 0.429. The minimum Gasteiger partial charge on any atom is -0.485 e. The van der Waals surface area contributed by atoms with Gasteiger partial charge >= 0.3 is 0 Å². The van der Waals surface area contributed by atoms with Crippen LogP contribution < -0.4 is 10.1 Å². The van der Waals surface area contributed by atoms with E-state index in [0.717, 1.165) is 22.8 Å². The maximum Gasteiger partial charge on any atom is 0.236 e. The molecule has 0 spiro atoms. The average molecular weight is 446 g/mol. The zero-order valence-corrected chi connectivity index (χ0v) is 19.6. The van der Waals surface area contributed by atoms with Crippen molar-refractivity contribution in [1.29, 1.82) is 0 Å². The van der Waals surface area contributed by atoms with Crippen molar-refractivity contribution in [3.63, 3.8) is 0 Å². The van der Waals surface area contributed by atoms with Crippen LogP contribution in [0.3, 0.4) is 0 Å². The second kappa shape index (κ2) is 10.1. The zero-order chi connectivity index (χ0) is 21.7. The predicted octanol–water partition coefficient (Wildman–Crippen LogP) is 4.80. The van der Waals surface area contributed by atoms with Gasteiger partial charge in [0.15, 0.2) is 16.1 Å². The largest absolute Gasteiger partial charge is 0.485 e. The van der Waals surface area contributed by atoms with Crippen molar-refractivity contribution in [2.24, 2.45) is 0 Å². The Bertz CT molecular complexity index is 1010. The third kappa shape index (κ3) is 5.60. The Morgan fingerprint density at radius 3 is 2.77 bits per heavy atom. The van der Waals surface area contributed by atoms with Gasteiger partial charge in [0.25, 0.3) is 0 Å². The monoisotopic (exact) mass is 445 g/mol. The molecule has 0 saturated heterocycles. The van der Waals surface area contributed by atoms with Crippen LogP contribution in [0.15, 0.2) is 28.7 Å². The van der Waals surface area contributed by atoms with Crippen LogP contribution in [-0.4, -0.2) is 31.4 Å². The summed E-state index contributed by atoms with van der Waals surface area (Å²) in [5.41, 5.74) is 3.23. The number of hydrogen-bond donors (Lipinski definition) is 1. The van der Waals surface area contributed by atoms with Gasteiger partial charge in [-0.3, -0.25) is 4.79 Å². The van der Waals surface area contributed by atoms with E-state index >= 15 is 0 Å². The van der Waals surface area contributed by atoms with Crippen LogP contribution >= 0.6 is 23.1 Å². The standard InChI is InChI=1S/C21H27N5O2S2/c1-6-26-18(10-28-17-9-14(4)7-8-16(17)13(2)3)24-25-21(26)30-12-19(27)23-20-22-15(5)11-29-20/h7-9,11,13H,6,10,12H2,1-5H3,(H,22,23,27). The lowest BCUT2D eigenvalue weighted by Crippen LogP contribution is -2.14. The summed E-state index contributed by atoms with van der Waals surface area (Å²) >= 11 is 2.78. The van der Waals surface area contributed by atoms with E-state index in [9.17, 15) is 4.79 Å². The Labute approximate surface area is 185 Å². The molecule has 0 aliphatic heterocycles. The summed E-state index contributed by atoms with van der Waals surface area (Å²) in [6.45, 7) is 11.3. The first-order valence-electron chi connectivity index (χ1n) is 9.87. The molecule has 1 N–H and O–H groups in total. The summed E-state index contributed by atoms with van der Waals surface area (Å²) < 4.78 is 8.09. The van der Waals surface area contributed by atoms with Gasteiger partial charge in [0.05, 0.1) is 11.4 Å². The highest BCUT2D eigenvalue weighted by Crippen LogP contribution is 2.28. The fourth-order valence-electron chi connectivity index (χ4n) is 2.93. The Balaban J connectivity index is 1.63. The number of anilines is 1. The summed E-state index contributed by atoms with van der Waals surface area (Å²) in [4.78, 5) is 16.4. The van der Waals surface area contributed by atoms with Crippen LogP contribution in [0, 0.1) is 13.8 Å². The molecule has 1 amide bonds. The van der Waals surface area contributed by atoms with Crippen LogP contribution in [0.4, 0.5) is 5.13 Å². The first-order chi connectivity index (χ1) is 14.4. The number of benzene rings is 1. The molecule has 0 radical (unpaired) electrons. The van der Waals surface area contributed by atoms with Gasteiger partial charge in [-0.2, -0.15) is 0 Å². The molecule has 30 heavy (non-hydrogen) atoms. The van der Waals surface area contributed by atoms with Crippen LogP contribution in [-0.2, 0) is 17.9 Å². The molecule has 0 fully saturated rings. The third-order valence-corrected chi connectivity index (χ3v) is 6.30.